The molecule has 0 radical (unpaired) electrons. The van der Waals surface area contributed by atoms with Gasteiger partial charge in [0.2, 0.25) is 0 Å². The third-order valence-electron chi connectivity index (χ3n) is 2.03. The highest BCUT2D eigenvalue weighted by molar-refractivity contribution is 5.91. The van der Waals surface area contributed by atoms with E-state index in [9.17, 15) is 4.79 Å². The molecule has 5 nitrogen and oxygen atoms in total. The van der Waals surface area contributed by atoms with E-state index in [4.69, 9.17) is 20.3 Å². The summed E-state index contributed by atoms with van der Waals surface area (Å²) >= 11 is 0. The molecule has 88 valence electrons. The molecule has 0 heterocycles. The minimum atomic E-state index is -1.02. The smallest absolute Gasteiger partial charge is 0.339 e. The lowest BCUT2D eigenvalue weighted by atomic mass is 10.2. The maximum absolute atomic E-state index is 10.9. The van der Waals surface area contributed by atoms with E-state index in [-0.39, 0.29) is 5.56 Å². The number of carbonyl (C=O) groups is 1. The summed E-state index contributed by atoms with van der Waals surface area (Å²) in [7, 11) is 1.51. The van der Waals surface area contributed by atoms with Gasteiger partial charge in [0.25, 0.3) is 0 Å². The van der Waals surface area contributed by atoms with Gasteiger partial charge in [-0.25, -0.2) is 4.79 Å². The molecule has 1 aromatic rings. The number of methoxy groups -OCH3 is 1. The Bertz CT molecular complexity index is 365. The van der Waals surface area contributed by atoms with Gasteiger partial charge in [0.05, 0.1) is 13.7 Å². The van der Waals surface area contributed by atoms with Gasteiger partial charge in [0, 0.05) is 6.07 Å². The molecule has 0 spiro atoms. The highest BCUT2D eigenvalue weighted by Crippen LogP contribution is 2.24. The molecule has 16 heavy (non-hydrogen) atoms. The summed E-state index contributed by atoms with van der Waals surface area (Å²) in [4.78, 5) is 10.9. The van der Waals surface area contributed by atoms with Crippen LogP contribution in [0.1, 0.15) is 16.8 Å². The maximum atomic E-state index is 10.9. The fraction of sp³-hybridized carbons (Fsp3) is 0.364. The monoisotopic (exact) mass is 225 g/mol. The second-order valence-electron chi connectivity index (χ2n) is 3.16. The van der Waals surface area contributed by atoms with Crippen LogP contribution in [-0.2, 0) is 0 Å². The highest BCUT2D eigenvalue weighted by atomic mass is 16.5. The summed E-state index contributed by atoms with van der Waals surface area (Å²) in [6.07, 6.45) is 0.677. The van der Waals surface area contributed by atoms with Crippen LogP contribution in [0, 0.1) is 0 Å². The van der Waals surface area contributed by atoms with E-state index in [0.717, 1.165) is 0 Å². The summed E-state index contributed by atoms with van der Waals surface area (Å²) in [5.74, 6) is -0.154. The molecule has 0 fully saturated rings. The second kappa shape index (κ2) is 5.97. The quantitative estimate of drug-likeness (QED) is 0.709. The van der Waals surface area contributed by atoms with E-state index >= 15 is 0 Å². The first-order valence-electron chi connectivity index (χ1n) is 4.93. The summed E-state index contributed by atoms with van der Waals surface area (Å²) in [5.41, 5.74) is 5.45. The van der Waals surface area contributed by atoms with Crippen molar-refractivity contribution in [3.63, 3.8) is 0 Å². The predicted octanol–water partition coefficient (Wildman–Crippen LogP) is 1.12. The van der Waals surface area contributed by atoms with Gasteiger partial charge in [-0.1, -0.05) is 0 Å². The Morgan fingerprint density at radius 3 is 2.81 bits per heavy atom. The van der Waals surface area contributed by atoms with Crippen molar-refractivity contribution in [3.8, 4) is 11.5 Å². The van der Waals surface area contributed by atoms with Crippen molar-refractivity contribution in [3.05, 3.63) is 23.8 Å². The molecule has 3 N–H and O–H groups in total. The largest absolute Gasteiger partial charge is 0.497 e. The van der Waals surface area contributed by atoms with Crippen molar-refractivity contribution in [2.75, 3.05) is 20.3 Å². The molecular weight excluding hydrogens is 210 g/mol. The van der Waals surface area contributed by atoms with Crippen molar-refractivity contribution in [1.82, 2.24) is 0 Å². The lowest BCUT2D eigenvalue weighted by molar-refractivity contribution is 0.0692. The van der Waals surface area contributed by atoms with E-state index in [1.807, 2.05) is 0 Å². The van der Waals surface area contributed by atoms with Gasteiger partial charge in [-0.2, -0.15) is 0 Å². The van der Waals surface area contributed by atoms with Crippen molar-refractivity contribution >= 4 is 5.97 Å². The van der Waals surface area contributed by atoms with Crippen molar-refractivity contribution < 1.29 is 19.4 Å². The molecule has 1 aromatic carbocycles. The van der Waals surface area contributed by atoms with Crippen LogP contribution in [-0.4, -0.2) is 31.3 Å². The zero-order chi connectivity index (χ0) is 12.0. The Balaban J connectivity index is 2.87. The van der Waals surface area contributed by atoms with Gasteiger partial charge in [-0.05, 0) is 25.1 Å². The minimum Gasteiger partial charge on any atom is -0.497 e. The number of benzene rings is 1. The van der Waals surface area contributed by atoms with Crippen LogP contribution >= 0.6 is 0 Å². The number of ether oxygens (including phenoxy) is 2. The standard InChI is InChI=1S/C11H15NO4/c1-15-8-3-4-9(11(13)14)10(7-8)16-6-2-5-12/h3-4,7H,2,5-6,12H2,1H3,(H,13,14). The van der Waals surface area contributed by atoms with Crippen LogP contribution in [0.3, 0.4) is 0 Å². The number of carboxylic acids is 1. The van der Waals surface area contributed by atoms with Gasteiger partial charge < -0.3 is 20.3 Å². The first-order chi connectivity index (χ1) is 7.69. The molecule has 0 saturated carbocycles. The molecule has 0 aliphatic carbocycles. The second-order valence-corrected chi connectivity index (χ2v) is 3.16. The molecule has 0 saturated heterocycles. The number of nitrogens with two attached hydrogens (primary N) is 1. The van der Waals surface area contributed by atoms with Crippen molar-refractivity contribution in [1.29, 1.82) is 0 Å². The van der Waals surface area contributed by atoms with Gasteiger partial charge in [0.1, 0.15) is 17.1 Å². The number of hydrogen-bond acceptors (Lipinski definition) is 4. The Kier molecular flexibility index (Phi) is 4.60. The Morgan fingerprint density at radius 2 is 2.25 bits per heavy atom. The Hall–Kier alpha value is -1.75. The molecule has 0 aliphatic rings. The highest BCUT2D eigenvalue weighted by Gasteiger charge is 2.12. The average Bonchev–Trinajstić information content (AvgIpc) is 2.29. The first kappa shape index (κ1) is 12.3. The van der Waals surface area contributed by atoms with Crippen LogP contribution in [0.5, 0.6) is 11.5 Å². The maximum Gasteiger partial charge on any atom is 0.339 e. The molecule has 0 amide bonds. The van der Waals surface area contributed by atoms with Gasteiger partial charge in [0.15, 0.2) is 0 Å². The Labute approximate surface area is 93.8 Å². The van der Waals surface area contributed by atoms with Crippen LogP contribution in [0.15, 0.2) is 18.2 Å². The third kappa shape index (κ3) is 3.13. The summed E-state index contributed by atoms with van der Waals surface area (Å²) in [6, 6.07) is 4.60. The number of aromatic carboxylic acids is 1. The topological polar surface area (TPSA) is 81.8 Å². The average molecular weight is 225 g/mol. The van der Waals surface area contributed by atoms with E-state index in [1.54, 1.807) is 12.1 Å². The molecule has 0 aliphatic heterocycles. The van der Waals surface area contributed by atoms with Gasteiger partial charge >= 0.3 is 5.97 Å². The van der Waals surface area contributed by atoms with Crippen LogP contribution in [0.2, 0.25) is 0 Å². The molecule has 5 heteroatoms. The number of hydrogen-bond donors (Lipinski definition) is 2. The Morgan fingerprint density at radius 1 is 1.50 bits per heavy atom. The summed E-state index contributed by atoms with van der Waals surface area (Å²) < 4.78 is 10.3. The minimum absolute atomic E-state index is 0.123. The zero-order valence-electron chi connectivity index (χ0n) is 9.10. The summed E-state index contributed by atoms with van der Waals surface area (Å²) in [5, 5.41) is 8.94. The lowest BCUT2D eigenvalue weighted by Crippen LogP contribution is -2.08. The molecule has 1 rings (SSSR count). The molecule has 0 aromatic heterocycles. The summed E-state index contributed by atoms with van der Waals surface area (Å²) in [6.45, 7) is 0.899. The molecule has 0 unspecified atom stereocenters. The lowest BCUT2D eigenvalue weighted by Gasteiger charge is -2.10. The predicted molar refractivity (Wildman–Crippen MR) is 59.1 cm³/mol. The van der Waals surface area contributed by atoms with Crippen LogP contribution in [0.4, 0.5) is 0 Å². The molecular formula is C11H15NO4. The van der Waals surface area contributed by atoms with Crippen molar-refractivity contribution in [2.45, 2.75) is 6.42 Å². The van der Waals surface area contributed by atoms with Crippen molar-refractivity contribution in [2.24, 2.45) is 5.73 Å². The van der Waals surface area contributed by atoms with Gasteiger partial charge in [-0.3, -0.25) is 0 Å². The third-order valence-corrected chi connectivity index (χ3v) is 2.03. The number of rotatable bonds is 6. The fourth-order valence-electron chi connectivity index (χ4n) is 1.19. The van der Waals surface area contributed by atoms with Crippen LogP contribution in [0.25, 0.3) is 0 Å². The SMILES string of the molecule is COc1ccc(C(=O)O)c(OCCCN)c1. The van der Waals surface area contributed by atoms with Crippen LogP contribution < -0.4 is 15.2 Å². The fourth-order valence-corrected chi connectivity index (χ4v) is 1.19. The van der Waals surface area contributed by atoms with Gasteiger partial charge in [-0.15, -0.1) is 0 Å². The van der Waals surface area contributed by atoms with E-state index in [0.29, 0.717) is 31.1 Å². The first-order valence-corrected chi connectivity index (χ1v) is 4.93. The zero-order valence-corrected chi connectivity index (χ0v) is 9.10. The number of carboxylic acid groups (broad SMARTS) is 1. The van der Waals surface area contributed by atoms with E-state index in [2.05, 4.69) is 0 Å². The van der Waals surface area contributed by atoms with E-state index in [1.165, 1.54) is 13.2 Å². The normalized spacial score (nSPS) is 9.88. The molecule has 0 bridgehead atoms. The molecule has 0 atom stereocenters. The van der Waals surface area contributed by atoms with E-state index < -0.39 is 5.97 Å².